The van der Waals surface area contributed by atoms with E-state index in [4.69, 9.17) is 0 Å². The molecule has 0 radical (unpaired) electrons. The number of fused-ring (bicyclic) bond motifs is 1. The van der Waals surface area contributed by atoms with Gasteiger partial charge in [0.15, 0.2) is 5.78 Å². The van der Waals surface area contributed by atoms with Gasteiger partial charge in [0.2, 0.25) is 5.91 Å². The molecule has 0 saturated heterocycles. The van der Waals surface area contributed by atoms with Crippen molar-refractivity contribution >= 4 is 22.6 Å². The van der Waals surface area contributed by atoms with Crippen molar-refractivity contribution in [1.29, 1.82) is 0 Å². The number of aromatic nitrogens is 1. The maximum atomic E-state index is 13.1. The van der Waals surface area contributed by atoms with Crippen molar-refractivity contribution in [3.8, 4) is 0 Å². The van der Waals surface area contributed by atoms with Gasteiger partial charge in [0.05, 0.1) is 17.2 Å². The summed E-state index contributed by atoms with van der Waals surface area (Å²) in [4.78, 5) is 27.5. The smallest absolute Gasteiger partial charge is 0.361 e. The molecule has 1 aromatic heterocycles. The molecule has 176 valence electrons. The Hall–Kier alpha value is -3.30. The molecule has 0 aliphatic carbocycles. The van der Waals surface area contributed by atoms with Gasteiger partial charge in [-0.3, -0.25) is 9.59 Å². The van der Waals surface area contributed by atoms with Crippen molar-refractivity contribution in [2.75, 3.05) is 0 Å². The van der Waals surface area contributed by atoms with Crippen molar-refractivity contribution in [3.05, 3.63) is 70.9 Å². The highest BCUT2D eigenvalue weighted by atomic mass is 19.4. The first kappa shape index (κ1) is 24.3. The summed E-state index contributed by atoms with van der Waals surface area (Å²) in [6.07, 6.45) is -8.79. The number of benzene rings is 2. The molecule has 0 unspecified atom stereocenters. The van der Waals surface area contributed by atoms with E-state index in [-0.39, 0.29) is 30.9 Å². The third-order valence-corrected chi connectivity index (χ3v) is 5.17. The molecule has 0 aliphatic rings. The van der Waals surface area contributed by atoms with Crippen LogP contribution in [-0.2, 0) is 34.8 Å². The third-order valence-electron chi connectivity index (χ3n) is 5.17. The molecule has 0 spiro atoms. The van der Waals surface area contributed by atoms with Crippen LogP contribution in [-0.4, -0.2) is 22.7 Å². The highest BCUT2D eigenvalue weighted by Gasteiger charge is 2.37. The number of carbonyl (C=O) groups excluding carboxylic acids is 2. The minimum atomic E-state index is -4.96. The molecule has 2 aromatic carbocycles. The standard InChI is InChI=1S/C23H20F6N2O2/c1-13(32)31-20(10-15-12-30-19-5-3-2-4-18(15)19)21(33)7-6-14-8-16(22(24,25)26)11-17(9-14)23(27,28)29/h2-5,8-9,11-12,20,30H,6-7,10H2,1H3,(H,31,32)/t20-/m0/s1. The molecule has 0 aliphatic heterocycles. The summed E-state index contributed by atoms with van der Waals surface area (Å²) in [5, 5.41) is 3.37. The number of rotatable bonds is 7. The third kappa shape index (κ3) is 6.15. The van der Waals surface area contributed by atoms with Gasteiger partial charge in [0.1, 0.15) is 0 Å². The Balaban J connectivity index is 1.81. The summed E-state index contributed by atoms with van der Waals surface area (Å²) >= 11 is 0. The average Bonchev–Trinajstić information content (AvgIpc) is 3.12. The van der Waals surface area contributed by atoms with E-state index in [1.807, 2.05) is 18.2 Å². The highest BCUT2D eigenvalue weighted by molar-refractivity contribution is 5.90. The Bertz CT molecular complexity index is 1130. The van der Waals surface area contributed by atoms with Gasteiger partial charge in [-0.1, -0.05) is 18.2 Å². The predicted molar refractivity (Wildman–Crippen MR) is 109 cm³/mol. The molecule has 0 saturated carbocycles. The fourth-order valence-electron chi connectivity index (χ4n) is 3.62. The summed E-state index contributed by atoms with van der Waals surface area (Å²) in [5.74, 6) is -0.979. The maximum Gasteiger partial charge on any atom is 0.416 e. The number of hydrogen-bond acceptors (Lipinski definition) is 2. The van der Waals surface area contributed by atoms with E-state index < -0.39 is 41.2 Å². The Labute approximate surface area is 185 Å². The molecular weight excluding hydrogens is 450 g/mol. The summed E-state index contributed by atoms with van der Waals surface area (Å²) in [7, 11) is 0. The lowest BCUT2D eigenvalue weighted by Crippen LogP contribution is -2.41. The Morgan fingerprint density at radius 3 is 2.15 bits per heavy atom. The van der Waals surface area contributed by atoms with Crippen LogP contribution in [0.25, 0.3) is 10.9 Å². The molecule has 3 aromatic rings. The van der Waals surface area contributed by atoms with E-state index in [2.05, 4.69) is 10.3 Å². The van der Waals surface area contributed by atoms with E-state index in [0.717, 1.165) is 16.5 Å². The number of nitrogens with one attached hydrogen (secondary N) is 2. The number of aromatic amines is 1. The molecule has 0 bridgehead atoms. The number of amides is 1. The number of para-hydroxylation sites is 1. The van der Waals surface area contributed by atoms with Crippen molar-refractivity contribution in [2.24, 2.45) is 0 Å². The lowest BCUT2D eigenvalue weighted by atomic mass is 9.96. The predicted octanol–water partition coefficient (Wildman–Crippen LogP) is 5.45. The number of Topliss-reactive ketones (excluding diaryl/α,β-unsaturated/α-hetero) is 1. The van der Waals surface area contributed by atoms with Crippen LogP contribution in [0.2, 0.25) is 0 Å². The fraction of sp³-hybridized carbons (Fsp3) is 0.304. The molecule has 33 heavy (non-hydrogen) atoms. The second-order valence-corrected chi connectivity index (χ2v) is 7.70. The normalized spacial score (nSPS) is 13.2. The summed E-state index contributed by atoms with van der Waals surface area (Å²) in [6, 6.07) is 7.57. The zero-order valence-corrected chi connectivity index (χ0v) is 17.4. The maximum absolute atomic E-state index is 13.1. The Morgan fingerprint density at radius 1 is 0.970 bits per heavy atom. The van der Waals surface area contributed by atoms with E-state index in [1.54, 1.807) is 12.3 Å². The summed E-state index contributed by atoms with van der Waals surface area (Å²) in [5.41, 5.74) is -1.56. The van der Waals surface area contributed by atoms with Crippen molar-refractivity contribution < 1.29 is 35.9 Å². The number of halogens is 6. The summed E-state index contributed by atoms with van der Waals surface area (Å²) in [6.45, 7) is 1.22. The zero-order valence-electron chi connectivity index (χ0n) is 17.4. The lowest BCUT2D eigenvalue weighted by Gasteiger charge is -2.17. The molecule has 2 N–H and O–H groups in total. The van der Waals surface area contributed by atoms with Gasteiger partial charge in [-0.25, -0.2) is 0 Å². The van der Waals surface area contributed by atoms with Gasteiger partial charge >= 0.3 is 12.4 Å². The minimum Gasteiger partial charge on any atom is -0.361 e. The first-order valence-corrected chi connectivity index (χ1v) is 9.98. The van der Waals surface area contributed by atoms with Crippen LogP contribution in [0.15, 0.2) is 48.7 Å². The molecule has 10 heteroatoms. The lowest BCUT2D eigenvalue weighted by molar-refractivity contribution is -0.143. The van der Waals surface area contributed by atoms with E-state index in [0.29, 0.717) is 12.1 Å². The van der Waals surface area contributed by atoms with Crippen LogP contribution in [0.3, 0.4) is 0 Å². The van der Waals surface area contributed by atoms with Gasteiger partial charge < -0.3 is 10.3 Å². The highest BCUT2D eigenvalue weighted by Crippen LogP contribution is 2.36. The van der Waals surface area contributed by atoms with Gasteiger partial charge in [-0.2, -0.15) is 26.3 Å². The van der Waals surface area contributed by atoms with Crippen molar-refractivity contribution in [2.45, 2.75) is 44.6 Å². The zero-order chi connectivity index (χ0) is 24.4. The van der Waals surface area contributed by atoms with E-state index in [1.165, 1.54) is 6.92 Å². The van der Waals surface area contributed by atoms with Crippen LogP contribution in [0, 0.1) is 0 Å². The molecule has 1 atom stereocenters. The van der Waals surface area contributed by atoms with Crippen LogP contribution < -0.4 is 5.32 Å². The van der Waals surface area contributed by atoms with Crippen molar-refractivity contribution in [3.63, 3.8) is 0 Å². The Kier molecular flexibility index (Phi) is 6.85. The van der Waals surface area contributed by atoms with Crippen LogP contribution in [0.1, 0.15) is 35.6 Å². The number of aryl methyl sites for hydroxylation is 1. The quantitative estimate of drug-likeness (QED) is 0.451. The molecule has 1 heterocycles. The van der Waals surface area contributed by atoms with Crippen LogP contribution in [0.5, 0.6) is 0 Å². The molecular formula is C23H20F6N2O2. The SMILES string of the molecule is CC(=O)N[C@@H](Cc1c[nH]c2ccccc12)C(=O)CCc1cc(C(F)(F)F)cc(C(F)(F)F)c1. The van der Waals surface area contributed by atoms with Crippen LogP contribution in [0.4, 0.5) is 26.3 Å². The first-order valence-electron chi connectivity index (χ1n) is 9.98. The molecule has 1 amide bonds. The number of ketones is 1. The second kappa shape index (κ2) is 9.29. The van der Waals surface area contributed by atoms with Crippen LogP contribution >= 0.6 is 0 Å². The average molecular weight is 470 g/mol. The van der Waals surface area contributed by atoms with Gasteiger partial charge in [0.25, 0.3) is 0 Å². The number of hydrogen-bond donors (Lipinski definition) is 2. The van der Waals surface area contributed by atoms with Gasteiger partial charge in [-0.15, -0.1) is 0 Å². The second-order valence-electron chi connectivity index (χ2n) is 7.70. The molecule has 3 rings (SSSR count). The fourth-order valence-corrected chi connectivity index (χ4v) is 3.62. The van der Waals surface area contributed by atoms with E-state index in [9.17, 15) is 35.9 Å². The minimum absolute atomic E-state index is 0.0441. The first-order chi connectivity index (χ1) is 15.3. The number of alkyl halides is 6. The number of H-pyrrole nitrogens is 1. The molecule has 4 nitrogen and oxygen atoms in total. The van der Waals surface area contributed by atoms with Crippen molar-refractivity contribution in [1.82, 2.24) is 10.3 Å². The van der Waals surface area contributed by atoms with Gasteiger partial charge in [0, 0.05) is 36.9 Å². The van der Waals surface area contributed by atoms with Gasteiger partial charge in [-0.05, 0) is 41.8 Å². The Morgan fingerprint density at radius 2 is 1.58 bits per heavy atom. The monoisotopic (exact) mass is 470 g/mol. The largest absolute Gasteiger partial charge is 0.416 e. The van der Waals surface area contributed by atoms with E-state index >= 15 is 0 Å². The topological polar surface area (TPSA) is 62.0 Å². The number of carbonyl (C=O) groups is 2. The molecule has 0 fully saturated rings. The summed E-state index contributed by atoms with van der Waals surface area (Å²) < 4.78 is 78.4.